The van der Waals surface area contributed by atoms with Crippen LogP contribution >= 0.6 is 23.1 Å². The number of rotatable bonds is 6. The lowest BCUT2D eigenvalue weighted by Gasteiger charge is -2.25. The lowest BCUT2D eigenvalue weighted by molar-refractivity contribution is -0.113. The summed E-state index contributed by atoms with van der Waals surface area (Å²) in [6.45, 7) is 9.92. The average Bonchev–Trinajstić information content (AvgIpc) is 3.20. The van der Waals surface area contributed by atoms with Crippen LogP contribution in [0.1, 0.15) is 50.3 Å². The maximum atomic E-state index is 13.3. The van der Waals surface area contributed by atoms with Gasteiger partial charge in [0.15, 0.2) is 15.9 Å². The van der Waals surface area contributed by atoms with E-state index in [4.69, 9.17) is 4.98 Å². The number of hydrogen-bond donors (Lipinski definition) is 1. The number of fused-ring (bicyclic) bond motifs is 1. The van der Waals surface area contributed by atoms with Gasteiger partial charge in [-0.2, -0.15) is 4.98 Å². The van der Waals surface area contributed by atoms with Gasteiger partial charge in [0.25, 0.3) is 5.56 Å². The van der Waals surface area contributed by atoms with Crippen molar-refractivity contribution < 1.29 is 4.79 Å². The van der Waals surface area contributed by atoms with E-state index in [0.717, 1.165) is 42.3 Å². The maximum Gasteiger partial charge on any atom is 0.274 e. The van der Waals surface area contributed by atoms with Crippen LogP contribution in [0.3, 0.4) is 0 Å². The summed E-state index contributed by atoms with van der Waals surface area (Å²) in [5.41, 5.74) is 3.48. The van der Waals surface area contributed by atoms with Crippen molar-refractivity contribution in [2.24, 2.45) is 0 Å². The van der Waals surface area contributed by atoms with Gasteiger partial charge in [-0.05, 0) is 70.2 Å². The number of nitrogens with zero attached hydrogens (tertiary/aromatic N) is 4. The Morgan fingerprint density at radius 1 is 1.16 bits per heavy atom. The second-order valence-electron chi connectivity index (χ2n) is 8.50. The van der Waals surface area contributed by atoms with E-state index < -0.39 is 0 Å². The van der Waals surface area contributed by atoms with Gasteiger partial charge in [0, 0.05) is 24.8 Å². The number of carbonyl (C=O) groups is 1. The number of piperidine rings is 1. The van der Waals surface area contributed by atoms with E-state index >= 15 is 0 Å². The highest BCUT2D eigenvalue weighted by atomic mass is 32.2. The summed E-state index contributed by atoms with van der Waals surface area (Å²) in [5.74, 6) is 0.0379. The van der Waals surface area contributed by atoms with Crippen molar-refractivity contribution in [2.45, 2.75) is 58.2 Å². The van der Waals surface area contributed by atoms with Crippen molar-refractivity contribution in [2.75, 3.05) is 29.1 Å². The molecule has 7 nitrogen and oxygen atoms in total. The van der Waals surface area contributed by atoms with Crippen molar-refractivity contribution in [1.82, 2.24) is 14.5 Å². The number of carbonyl (C=O) groups excluding carboxylic acids is 1. The first-order valence-electron chi connectivity index (χ1n) is 11.0. The molecule has 0 aliphatic carbocycles. The molecule has 1 N–H and O–H groups in total. The van der Waals surface area contributed by atoms with E-state index in [1.165, 1.54) is 35.1 Å². The number of aryl methyl sites for hydroxylation is 2. The van der Waals surface area contributed by atoms with Crippen molar-refractivity contribution in [3.8, 4) is 0 Å². The molecule has 1 aliphatic heterocycles. The van der Waals surface area contributed by atoms with E-state index in [9.17, 15) is 9.59 Å². The fourth-order valence-corrected chi connectivity index (χ4v) is 5.69. The number of amides is 1. The Morgan fingerprint density at radius 3 is 2.59 bits per heavy atom. The fourth-order valence-electron chi connectivity index (χ4n) is 3.78. The molecule has 0 atom stereocenters. The average molecular weight is 472 g/mol. The molecule has 0 radical (unpaired) electrons. The highest BCUT2D eigenvalue weighted by molar-refractivity contribution is 7.99. The van der Waals surface area contributed by atoms with Gasteiger partial charge in [0.1, 0.15) is 4.70 Å². The Morgan fingerprint density at radius 2 is 1.91 bits per heavy atom. The van der Waals surface area contributed by atoms with Gasteiger partial charge in [0.2, 0.25) is 5.91 Å². The summed E-state index contributed by atoms with van der Waals surface area (Å²) in [4.78, 5) is 37.4. The predicted molar refractivity (Wildman–Crippen MR) is 133 cm³/mol. The summed E-state index contributed by atoms with van der Waals surface area (Å²) < 4.78 is 2.26. The molecule has 0 saturated carbocycles. The number of thiazole rings is 1. The topological polar surface area (TPSA) is 80.1 Å². The smallest absolute Gasteiger partial charge is 0.274 e. The standard InChI is InChI=1S/C23H29N5O2S2/c1-14(2)28-21(30)19-20(25-22(32-19)27-10-6-5-7-11-27)26-23(28)31-13-18(29)24-17-9-8-15(3)16(4)12-17/h8-9,12,14H,5-7,10-11,13H2,1-4H3,(H,24,29). The van der Waals surface area contributed by atoms with Crippen molar-refractivity contribution in [1.29, 1.82) is 0 Å². The van der Waals surface area contributed by atoms with Gasteiger partial charge < -0.3 is 10.2 Å². The van der Waals surface area contributed by atoms with Gasteiger partial charge in [-0.25, -0.2) is 4.98 Å². The zero-order valence-electron chi connectivity index (χ0n) is 19.0. The van der Waals surface area contributed by atoms with Crippen LogP contribution in [0.25, 0.3) is 10.3 Å². The van der Waals surface area contributed by atoms with Gasteiger partial charge in [-0.3, -0.25) is 14.2 Å². The van der Waals surface area contributed by atoms with Crippen LogP contribution in [0.5, 0.6) is 0 Å². The number of anilines is 2. The molecule has 1 fully saturated rings. The molecule has 1 saturated heterocycles. The van der Waals surface area contributed by atoms with Gasteiger partial charge >= 0.3 is 0 Å². The summed E-state index contributed by atoms with van der Waals surface area (Å²) in [6, 6.07) is 5.79. The minimum Gasteiger partial charge on any atom is -0.348 e. The van der Waals surface area contributed by atoms with Crippen LogP contribution in [0.15, 0.2) is 28.2 Å². The van der Waals surface area contributed by atoms with E-state index in [1.54, 1.807) is 4.57 Å². The van der Waals surface area contributed by atoms with Crippen LogP contribution in [-0.4, -0.2) is 39.3 Å². The minimum atomic E-state index is -0.129. The Hall–Kier alpha value is -2.39. The molecule has 1 amide bonds. The van der Waals surface area contributed by atoms with Crippen LogP contribution in [0.4, 0.5) is 10.8 Å². The molecule has 0 spiro atoms. The Kier molecular flexibility index (Phi) is 6.85. The van der Waals surface area contributed by atoms with E-state index in [-0.39, 0.29) is 23.3 Å². The third kappa shape index (κ3) is 4.83. The Labute approximate surface area is 196 Å². The summed E-state index contributed by atoms with van der Waals surface area (Å²) in [6.07, 6.45) is 3.54. The molecule has 0 unspecified atom stereocenters. The number of hydrogen-bond acceptors (Lipinski definition) is 7. The molecule has 9 heteroatoms. The largest absolute Gasteiger partial charge is 0.348 e. The molecular weight excluding hydrogens is 442 g/mol. The Bertz CT molecular complexity index is 1200. The summed E-state index contributed by atoms with van der Waals surface area (Å²) in [7, 11) is 0. The lowest BCUT2D eigenvalue weighted by atomic mass is 10.1. The molecule has 3 aromatic rings. The van der Waals surface area contributed by atoms with Crippen LogP contribution in [0, 0.1) is 13.8 Å². The van der Waals surface area contributed by atoms with Crippen LogP contribution in [-0.2, 0) is 4.79 Å². The van der Waals surface area contributed by atoms with Crippen molar-refractivity contribution >= 4 is 50.2 Å². The maximum absolute atomic E-state index is 13.3. The zero-order chi connectivity index (χ0) is 22.8. The molecule has 170 valence electrons. The third-order valence-corrected chi connectivity index (χ3v) is 7.73. The third-order valence-electron chi connectivity index (χ3n) is 5.68. The highest BCUT2D eigenvalue weighted by Gasteiger charge is 2.21. The van der Waals surface area contributed by atoms with E-state index in [0.29, 0.717) is 15.5 Å². The minimum absolute atomic E-state index is 0.0646. The molecular formula is C23H29N5O2S2. The molecule has 0 bridgehead atoms. The van der Waals surface area contributed by atoms with E-state index in [2.05, 4.69) is 15.2 Å². The lowest BCUT2D eigenvalue weighted by Crippen LogP contribution is -2.29. The highest BCUT2D eigenvalue weighted by Crippen LogP contribution is 2.30. The summed E-state index contributed by atoms with van der Waals surface area (Å²) >= 11 is 2.70. The normalized spacial score (nSPS) is 14.3. The zero-order valence-corrected chi connectivity index (χ0v) is 20.6. The molecule has 1 aliphatic rings. The van der Waals surface area contributed by atoms with Crippen molar-refractivity contribution in [3.05, 3.63) is 39.7 Å². The summed E-state index contributed by atoms with van der Waals surface area (Å²) in [5, 5.41) is 4.33. The van der Waals surface area contributed by atoms with Crippen LogP contribution in [0.2, 0.25) is 0 Å². The first kappa shape index (κ1) is 22.8. The molecule has 1 aromatic carbocycles. The Balaban J connectivity index is 1.56. The molecule has 4 rings (SSSR count). The quantitative estimate of drug-likeness (QED) is 0.412. The van der Waals surface area contributed by atoms with Gasteiger partial charge in [-0.15, -0.1) is 0 Å². The van der Waals surface area contributed by atoms with E-state index in [1.807, 2.05) is 45.9 Å². The fraction of sp³-hybridized carbons (Fsp3) is 0.478. The van der Waals surface area contributed by atoms with Crippen molar-refractivity contribution in [3.63, 3.8) is 0 Å². The number of benzene rings is 1. The number of nitrogens with one attached hydrogen (secondary N) is 1. The number of thioether (sulfide) groups is 1. The van der Waals surface area contributed by atoms with Gasteiger partial charge in [-0.1, -0.05) is 29.2 Å². The van der Waals surface area contributed by atoms with Crippen LogP contribution < -0.4 is 15.8 Å². The molecule has 2 aromatic heterocycles. The predicted octanol–water partition coefficient (Wildman–Crippen LogP) is 4.77. The second-order valence-corrected chi connectivity index (χ2v) is 10.4. The van der Waals surface area contributed by atoms with Gasteiger partial charge in [0.05, 0.1) is 5.75 Å². The first-order valence-corrected chi connectivity index (χ1v) is 12.8. The second kappa shape index (κ2) is 9.62. The SMILES string of the molecule is Cc1ccc(NC(=O)CSc2nc3nc(N4CCCCC4)sc3c(=O)n2C(C)C)cc1C. The number of aromatic nitrogens is 3. The monoisotopic (exact) mass is 471 g/mol. The molecule has 32 heavy (non-hydrogen) atoms. The first-order chi connectivity index (χ1) is 15.3. The molecule has 3 heterocycles.